The Morgan fingerprint density at radius 2 is 1.63 bits per heavy atom. The van der Waals surface area contributed by atoms with E-state index in [0.717, 1.165) is 0 Å². The maximum atomic E-state index is 12.3. The molecular formula is C17H17F3N2O4S. The lowest BCUT2D eigenvalue weighted by Gasteiger charge is -2.10. The Bertz CT molecular complexity index is 880. The van der Waals surface area contributed by atoms with E-state index in [1.807, 2.05) is 0 Å². The summed E-state index contributed by atoms with van der Waals surface area (Å²) in [7, 11) is -3.79. The fourth-order valence-corrected chi connectivity index (χ4v) is 3.07. The molecule has 146 valence electrons. The maximum absolute atomic E-state index is 12.3. The fourth-order valence-electron chi connectivity index (χ4n) is 2.05. The Labute approximate surface area is 154 Å². The quantitative estimate of drug-likeness (QED) is 0.746. The van der Waals surface area contributed by atoms with Crippen LogP contribution in [-0.2, 0) is 21.4 Å². The van der Waals surface area contributed by atoms with Crippen LogP contribution in [0.3, 0.4) is 0 Å². The maximum Gasteiger partial charge on any atom is 0.422 e. The fraction of sp³-hybridized carbons (Fsp3) is 0.235. The Morgan fingerprint density at radius 3 is 2.15 bits per heavy atom. The van der Waals surface area contributed by atoms with Crippen LogP contribution in [0.4, 0.5) is 18.9 Å². The Morgan fingerprint density at radius 1 is 1.04 bits per heavy atom. The highest BCUT2D eigenvalue weighted by Crippen LogP contribution is 2.19. The summed E-state index contributed by atoms with van der Waals surface area (Å²) in [5.41, 5.74) is 1.02. The minimum Gasteiger partial charge on any atom is -0.484 e. The normalized spacial score (nSPS) is 11.9. The van der Waals surface area contributed by atoms with Crippen molar-refractivity contribution in [3.63, 3.8) is 0 Å². The van der Waals surface area contributed by atoms with Gasteiger partial charge in [0.25, 0.3) is 0 Å². The number of amides is 1. The van der Waals surface area contributed by atoms with Gasteiger partial charge in [0.2, 0.25) is 15.9 Å². The first-order valence-electron chi connectivity index (χ1n) is 7.71. The van der Waals surface area contributed by atoms with Crippen molar-refractivity contribution in [3.8, 4) is 5.75 Å². The topological polar surface area (TPSA) is 84.5 Å². The van der Waals surface area contributed by atoms with Crippen LogP contribution in [-0.4, -0.2) is 27.1 Å². The number of benzene rings is 2. The van der Waals surface area contributed by atoms with Crippen molar-refractivity contribution in [1.29, 1.82) is 0 Å². The second-order valence-electron chi connectivity index (χ2n) is 5.58. The highest BCUT2D eigenvalue weighted by atomic mass is 32.2. The number of hydrogen-bond donors (Lipinski definition) is 2. The van der Waals surface area contributed by atoms with Gasteiger partial charge in [-0.2, -0.15) is 13.2 Å². The van der Waals surface area contributed by atoms with Gasteiger partial charge in [-0.25, -0.2) is 13.1 Å². The largest absolute Gasteiger partial charge is 0.484 e. The molecule has 2 aromatic carbocycles. The van der Waals surface area contributed by atoms with Crippen LogP contribution in [0.25, 0.3) is 0 Å². The molecule has 0 saturated carbocycles. The second kappa shape index (κ2) is 8.40. The molecule has 0 aliphatic rings. The third kappa shape index (κ3) is 6.91. The molecule has 0 aliphatic carbocycles. The van der Waals surface area contributed by atoms with Crippen molar-refractivity contribution in [2.75, 3.05) is 11.9 Å². The molecule has 1 amide bonds. The number of ether oxygens (including phenoxy) is 1. The van der Waals surface area contributed by atoms with Gasteiger partial charge in [0.1, 0.15) is 5.75 Å². The van der Waals surface area contributed by atoms with E-state index in [1.54, 1.807) is 0 Å². The molecule has 0 fully saturated rings. The third-order valence-corrected chi connectivity index (χ3v) is 4.69. The molecule has 0 spiro atoms. The zero-order chi connectivity index (χ0) is 20.1. The first-order valence-corrected chi connectivity index (χ1v) is 9.19. The lowest BCUT2D eigenvalue weighted by atomic mass is 10.2. The standard InChI is InChI=1S/C17H17F3N2O4S/c1-12(23)22-14-4-8-16(9-5-14)27(24,25)21-10-13-2-6-15(7-3-13)26-11-17(18,19)20/h2-9,21H,10-11H2,1H3,(H,22,23). The summed E-state index contributed by atoms with van der Waals surface area (Å²) in [5.74, 6) is -0.237. The van der Waals surface area contributed by atoms with Gasteiger partial charge < -0.3 is 10.1 Å². The summed E-state index contributed by atoms with van der Waals surface area (Å²) < 4.78 is 67.8. The van der Waals surface area contributed by atoms with E-state index < -0.39 is 22.8 Å². The number of rotatable bonds is 7. The summed E-state index contributed by atoms with van der Waals surface area (Å²) in [6.45, 7) is -0.103. The number of carbonyl (C=O) groups excluding carboxylic acids is 1. The monoisotopic (exact) mass is 402 g/mol. The molecule has 0 bridgehead atoms. The van der Waals surface area contributed by atoms with Gasteiger partial charge in [-0.3, -0.25) is 4.79 Å². The molecule has 0 aromatic heterocycles. The average molecular weight is 402 g/mol. The van der Waals surface area contributed by atoms with E-state index in [9.17, 15) is 26.4 Å². The van der Waals surface area contributed by atoms with Crippen LogP contribution >= 0.6 is 0 Å². The molecule has 27 heavy (non-hydrogen) atoms. The van der Waals surface area contributed by atoms with Crippen molar-refractivity contribution < 1.29 is 31.1 Å². The molecular weight excluding hydrogens is 385 g/mol. The van der Waals surface area contributed by atoms with Crippen LogP contribution in [0.1, 0.15) is 12.5 Å². The molecule has 0 radical (unpaired) electrons. The molecule has 6 nitrogen and oxygen atoms in total. The van der Waals surface area contributed by atoms with Gasteiger partial charge in [0.05, 0.1) is 4.90 Å². The number of nitrogens with one attached hydrogen (secondary N) is 2. The van der Waals surface area contributed by atoms with E-state index >= 15 is 0 Å². The predicted molar refractivity (Wildman–Crippen MR) is 92.8 cm³/mol. The number of alkyl halides is 3. The van der Waals surface area contributed by atoms with Crippen LogP contribution < -0.4 is 14.8 Å². The van der Waals surface area contributed by atoms with Crippen molar-refractivity contribution >= 4 is 21.6 Å². The van der Waals surface area contributed by atoms with Gasteiger partial charge in [0.15, 0.2) is 6.61 Å². The Hall–Kier alpha value is -2.59. The number of halogens is 3. The number of carbonyl (C=O) groups is 1. The van der Waals surface area contributed by atoms with Crippen molar-refractivity contribution in [2.45, 2.75) is 24.5 Å². The van der Waals surface area contributed by atoms with Crippen molar-refractivity contribution in [3.05, 3.63) is 54.1 Å². The molecule has 10 heteroatoms. The SMILES string of the molecule is CC(=O)Nc1ccc(S(=O)(=O)NCc2ccc(OCC(F)(F)F)cc2)cc1. The van der Waals surface area contributed by atoms with E-state index in [-0.39, 0.29) is 23.1 Å². The molecule has 0 aliphatic heterocycles. The molecule has 2 N–H and O–H groups in total. The van der Waals surface area contributed by atoms with Crippen LogP contribution in [0.15, 0.2) is 53.4 Å². The number of hydrogen-bond acceptors (Lipinski definition) is 4. The third-order valence-electron chi connectivity index (χ3n) is 3.28. The lowest BCUT2D eigenvalue weighted by molar-refractivity contribution is -0.153. The Balaban J connectivity index is 1.95. The molecule has 0 unspecified atom stereocenters. The smallest absolute Gasteiger partial charge is 0.422 e. The van der Waals surface area contributed by atoms with E-state index in [0.29, 0.717) is 11.3 Å². The number of anilines is 1. The highest BCUT2D eigenvalue weighted by molar-refractivity contribution is 7.89. The first kappa shape index (κ1) is 20.7. The van der Waals surface area contributed by atoms with Gasteiger partial charge in [-0.1, -0.05) is 12.1 Å². The molecule has 2 rings (SSSR count). The average Bonchev–Trinajstić information content (AvgIpc) is 2.58. The molecule has 0 saturated heterocycles. The minimum absolute atomic E-state index is 0.0155. The summed E-state index contributed by atoms with van der Waals surface area (Å²) in [4.78, 5) is 11.0. The number of sulfonamides is 1. The predicted octanol–water partition coefficient (Wildman–Crippen LogP) is 3.06. The van der Waals surface area contributed by atoms with Gasteiger partial charge >= 0.3 is 6.18 Å². The first-order chi connectivity index (χ1) is 12.5. The van der Waals surface area contributed by atoms with E-state index in [2.05, 4.69) is 14.8 Å². The van der Waals surface area contributed by atoms with Crippen LogP contribution in [0, 0.1) is 0 Å². The highest BCUT2D eigenvalue weighted by Gasteiger charge is 2.28. The Kier molecular flexibility index (Phi) is 6.45. The zero-order valence-corrected chi connectivity index (χ0v) is 15.0. The van der Waals surface area contributed by atoms with Crippen LogP contribution in [0.5, 0.6) is 5.75 Å². The minimum atomic E-state index is -4.43. The van der Waals surface area contributed by atoms with Crippen LogP contribution in [0.2, 0.25) is 0 Å². The summed E-state index contributed by atoms with van der Waals surface area (Å²) >= 11 is 0. The molecule has 0 atom stereocenters. The van der Waals surface area contributed by atoms with Crippen molar-refractivity contribution in [2.24, 2.45) is 0 Å². The lowest BCUT2D eigenvalue weighted by Crippen LogP contribution is -2.23. The van der Waals surface area contributed by atoms with Gasteiger partial charge in [0, 0.05) is 19.2 Å². The van der Waals surface area contributed by atoms with E-state index in [4.69, 9.17) is 0 Å². The molecule has 0 heterocycles. The summed E-state index contributed by atoms with van der Waals surface area (Å²) in [5, 5.41) is 2.53. The van der Waals surface area contributed by atoms with Gasteiger partial charge in [-0.15, -0.1) is 0 Å². The van der Waals surface area contributed by atoms with E-state index in [1.165, 1.54) is 55.5 Å². The summed E-state index contributed by atoms with van der Waals surface area (Å²) in [6.07, 6.45) is -4.43. The van der Waals surface area contributed by atoms with Gasteiger partial charge in [-0.05, 0) is 42.0 Å². The molecule has 2 aromatic rings. The zero-order valence-electron chi connectivity index (χ0n) is 14.2. The summed E-state index contributed by atoms with van der Waals surface area (Å²) in [6, 6.07) is 11.2. The van der Waals surface area contributed by atoms with Crippen molar-refractivity contribution in [1.82, 2.24) is 4.72 Å². The second-order valence-corrected chi connectivity index (χ2v) is 7.34.